The van der Waals surface area contributed by atoms with Crippen molar-refractivity contribution < 1.29 is 128 Å². The molecule has 0 amide bonds. The Morgan fingerprint density at radius 3 is 1.42 bits per heavy atom. The number of rotatable bonds is 4. The van der Waals surface area contributed by atoms with Crippen molar-refractivity contribution in [3.63, 3.8) is 0 Å². The first-order chi connectivity index (χ1) is 7.18. The van der Waals surface area contributed by atoms with Crippen LogP contribution in [0.1, 0.15) is 12.8 Å². The Bertz CT molecular complexity index is 286. The average molecular weight is 303 g/mol. The third-order valence-corrected chi connectivity index (χ3v) is 1.14. The van der Waals surface area contributed by atoms with Crippen molar-refractivity contribution in [2.24, 2.45) is 5.73 Å². The topological polar surface area (TPSA) is 184 Å². The van der Waals surface area contributed by atoms with Crippen molar-refractivity contribution in [3.05, 3.63) is 0 Å². The second-order valence-corrected chi connectivity index (χ2v) is 2.43. The maximum atomic E-state index is 9.88. The molecule has 0 aliphatic heterocycles. The predicted molar refractivity (Wildman–Crippen MR) is 39.9 cm³/mol. The normalized spacial score (nSPS) is 8.89. The number of carboxylic acids is 4. The molecule has 0 spiro atoms. The molecule has 1 atom stereocenters. The van der Waals surface area contributed by atoms with Gasteiger partial charge in [-0.3, -0.25) is 4.79 Å². The van der Waals surface area contributed by atoms with Gasteiger partial charge in [0.1, 0.15) is 0 Å². The maximum absolute atomic E-state index is 9.88. The van der Waals surface area contributed by atoms with Crippen molar-refractivity contribution in [2.75, 3.05) is 0 Å². The van der Waals surface area contributed by atoms with Gasteiger partial charge in [0.05, 0.1) is 17.9 Å². The van der Waals surface area contributed by atoms with Crippen LogP contribution in [0.25, 0.3) is 0 Å². The Balaban J connectivity index is -0.0000000646. The molecule has 9 nitrogen and oxygen atoms in total. The molecule has 0 radical (unpaired) electrons. The zero-order valence-electron chi connectivity index (χ0n) is 10.9. The van der Waals surface area contributed by atoms with Crippen LogP contribution >= 0.6 is 0 Å². The monoisotopic (exact) mass is 303 g/mol. The van der Waals surface area contributed by atoms with Gasteiger partial charge >= 0.3 is 94.6 Å². The van der Waals surface area contributed by atoms with Crippen LogP contribution in [0.4, 0.5) is 0 Å². The summed E-state index contributed by atoms with van der Waals surface area (Å²) in [6.45, 7) is 0. The molecule has 0 unspecified atom stereocenters. The molecule has 12 heteroatoms. The summed E-state index contributed by atoms with van der Waals surface area (Å²) in [6, 6.07) is -1.17. The van der Waals surface area contributed by atoms with E-state index in [1.54, 1.807) is 0 Å². The average Bonchev–Trinajstić information content (AvgIpc) is 2.14. The standard InChI is InChI=1S/C5H9NO4.C2H2O4.3Na/c6-3(5(9)10)1-2-4(7)8;3-1(4)2(5)6;;;/h3H,1-2,6H2,(H,7,8)(H,9,10);(H,3,4)(H,5,6);;;/q;;3*+1/p-3/t3-;;;;/m0..../s1. The van der Waals surface area contributed by atoms with Gasteiger partial charge in [-0.05, 0) is 6.42 Å². The van der Waals surface area contributed by atoms with Crippen LogP contribution in [0, 0.1) is 0 Å². The van der Waals surface area contributed by atoms with Gasteiger partial charge in [0.2, 0.25) is 0 Å². The predicted octanol–water partition coefficient (Wildman–Crippen LogP) is -14.6. The fourth-order valence-electron chi connectivity index (χ4n) is 0.397. The minimum absolute atomic E-state index is 0. The fraction of sp³-hybridized carbons (Fsp3) is 0.429. The summed E-state index contributed by atoms with van der Waals surface area (Å²) in [5, 5.41) is 35.8. The van der Waals surface area contributed by atoms with E-state index in [4.69, 9.17) is 30.6 Å². The molecule has 0 aromatic carbocycles. The number of carbonyl (C=O) groups excluding carboxylic acids is 3. The van der Waals surface area contributed by atoms with Crippen molar-refractivity contribution in [1.82, 2.24) is 0 Å². The summed E-state index contributed by atoms with van der Waals surface area (Å²) in [6.07, 6.45) is -0.327. The number of hydrogen-bond acceptors (Lipinski definition) is 8. The number of hydrogen-bond donors (Lipinski definition) is 2. The molecule has 19 heavy (non-hydrogen) atoms. The van der Waals surface area contributed by atoms with E-state index in [1.807, 2.05) is 0 Å². The Morgan fingerprint density at radius 2 is 1.26 bits per heavy atom. The van der Waals surface area contributed by atoms with E-state index in [-0.39, 0.29) is 102 Å². The van der Waals surface area contributed by atoms with Gasteiger partial charge in [-0.1, -0.05) is 0 Å². The number of nitrogens with two attached hydrogens (primary N) is 1. The molecule has 92 valence electrons. The van der Waals surface area contributed by atoms with E-state index in [9.17, 15) is 14.7 Å². The zero-order valence-corrected chi connectivity index (χ0v) is 16.9. The Labute approximate surface area is 174 Å². The summed E-state index contributed by atoms with van der Waals surface area (Å²) in [5.41, 5.74) is 4.94. The number of carbonyl (C=O) groups is 4. The SMILES string of the molecule is N[C@@H](CCC(=O)O)C(=O)[O-].O=C([O-])C(=O)[O-].[Na+].[Na+].[Na+]. The first-order valence-corrected chi connectivity index (χ1v) is 3.79. The summed E-state index contributed by atoms with van der Waals surface area (Å²) in [7, 11) is 0. The number of carboxylic acid groups (broad SMARTS) is 4. The van der Waals surface area contributed by atoms with Gasteiger partial charge < -0.3 is 40.5 Å². The Morgan fingerprint density at radius 1 is 0.947 bits per heavy atom. The molecule has 0 rings (SSSR count). The van der Waals surface area contributed by atoms with Gasteiger partial charge in [-0.15, -0.1) is 0 Å². The van der Waals surface area contributed by atoms with Gasteiger partial charge in [0, 0.05) is 12.5 Å². The molecule has 0 aromatic heterocycles. The van der Waals surface area contributed by atoms with E-state index in [2.05, 4.69) is 0 Å². The molecule has 3 N–H and O–H groups in total. The molecule has 0 aromatic rings. The smallest absolute Gasteiger partial charge is 0.548 e. The summed E-state index contributed by atoms with van der Waals surface area (Å²) in [5.74, 6) is -6.84. The van der Waals surface area contributed by atoms with Crippen molar-refractivity contribution in [2.45, 2.75) is 18.9 Å². The molecule has 0 bridgehead atoms. The molecule has 0 saturated heterocycles. The largest absolute Gasteiger partial charge is 1.00 e. The van der Waals surface area contributed by atoms with E-state index in [0.29, 0.717) is 0 Å². The Hall–Kier alpha value is 0.840. The molecular formula is C7H8NNa3O8. The van der Waals surface area contributed by atoms with Crippen molar-refractivity contribution >= 4 is 23.9 Å². The quantitative estimate of drug-likeness (QED) is 0.376. The maximum Gasteiger partial charge on any atom is 1.00 e. The van der Waals surface area contributed by atoms with Gasteiger partial charge in [0.25, 0.3) is 0 Å². The molecule has 0 heterocycles. The van der Waals surface area contributed by atoms with Crippen LogP contribution in [0.3, 0.4) is 0 Å². The second kappa shape index (κ2) is 18.8. The van der Waals surface area contributed by atoms with Crippen LogP contribution < -0.4 is 110 Å². The van der Waals surface area contributed by atoms with Crippen LogP contribution in [0.2, 0.25) is 0 Å². The molecule has 0 aliphatic carbocycles. The molecule has 0 fully saturated rings. The van der Waals surface area contributed by atoms with Crippen LogP contribution in [0.5, 0.6) is 0 Å². The summed E-state index contributed by atoms with van der Waals surface area (Å²) >= 11 is 0. The minimum Gasteiger partial charge on any atom is -0.548 e. The van der Waals surface area contributed by atoms with E-state index in [0.717, 1.165) is 0 Å². The van der Waals surface area contributed by atoms with Crippen LogP contribution in [-0.2, 0) is 19.2 Å². The van der Waals surface area contributed by atoms with Crippen molar-refractivity contribution in [3.8, 4) is 0 Å². The summed E-state index contributed by atoms with van der Waals surface area (Å²) in [4.78, 5) is 37.6. The fourth-order valence-corrected chi connectivity index (χ4v) is 0.397. The zero-order chi connectivity index (χ0) is 13.3. The third-order valence-electron chi connectivity index (χ3n) is 1.14. The van der Waals surface area contributed by atoms with Gasteiger partial charge in [0.15, 0.2) is 0 Å². The van der Waals surface area contributed by atoms with Crippen LogP contribution in [0.15, 0.2) is 0 Å². The minimum atomic E-state index is -2.19. The molecule has 0 saturated carbocycles. The van der Waals surface area contributed by atoms with Gasteiger partial charge in [-0.2, -0.15) is 0 Å². The molecule has 0 aliphatic rings. The van der Waals surface area contributed by atoms with E-state index >= 15 is 0 Å². The van der Waals surface area contributed by atoms with E-state index in [1.165, 1.54) is 0 Å². The van der Waals surface area contributed by atoms with Crippen molar-refractivity contribution in [1.29, 1.82) is 0 Å². The second-order valence-electron chi connectivity index (χ2n) is 2.43. The number of aliphatic carboxylic acids is 4. The summed E-state index contributed by atoms with van der Waals surface area (Å²) < 4.78 is 0. The first-order valence-electron chi connectivity index (χ1n) is 3.79. The van der Waals surface area contributed by atoms with Crippen LogP contribution in [-0.4, -0.2) is 35.0 Å². The molecular weight excluding hydrogens is 295 g/mol. The third kappa shape index (κ3) is 27.9. The first kappa shape index (κ1) is 32.0. The Kier molecular flexibility index (Phi) is 31.7. The van der Waals surface area contributed by atoms with E-state index < -0.39 is 29.9 Å². The van der Waals surface area contributed by atoms with Gasteiger partial charge in [-0.25, -0.2) is 0 Å².